The van der Waals surface area contributed by atoms with Crippen LogP contribution in [0.5, 0.6) is 0 Å². The van der Waals surface area contributed by atoms with E-state index >= 15 is 0 Å². The molecule has 0 radical (unpaired) electrons. The smallest absolute Gasteiger partial charge is 0.238 e. The number of aromatic amines is 1. The first-order chi connectivity index (χ1) is 9.72. The van der Waals surface area contributed by atoms with Crippen LogP contribution in [0.15, 0.2) is 36.4 Å². The Morgan fingerprint density at radius 2 is 2.10 bits per heavy atom. The molecule has 20 heavy (non-hydrogen) atoms. The Labute approximate surface area is 117 Å². The first kappa shape index (κ1) is 12.7. The highest BCUT2D eigenvalue weighted by Crippen LogP contribution is 2.29. The third-order valence-electron chi connectivity index (χ3n) is 3.57. The maximum Gasteiger partial charge on any atom is 0.238 e. The maximum atomic E-state index is 11.3. The molecule has 0 aliphatic rings. The molecule has 0 aliphatic carbocycles. The minimum Gasteiger partial charge on any atom is -0.354 e. The van der Waals surface area contributed by atoms with Gasteiger partial charge in [0.05, 0.1) is 6.54 Å². The maximum absolute atomic E-state index is 11.3. The van der Waals surface area contributed by atoms with E-state index in [0.29, 0.717) is 0 Å². The fourth-order valence-electron chi connectivity index (χ4n) is 2.57. The number of nitrogens with two attached hydrogens (primary N) is 1. The highest BCUT2D eigenvalue weighted by atomic mass is 16.1. The number of rotatable bonds is 3. The quantitative estimate of drug-likeness (QED) is 0.683. The number of carbonyl (C=O) groups excluding carboxylic acids is 1. The van der Waals surface area contributed by atoms with Crippen molar-refractivity contribution >= 4 is 33.4 Å². The standard InChI is InChI=1S/C16H17N3O/c1-2-10-4-3-5-13-12-7-6-11(18-15(20)9-17)8-14(12)19-16(10)13/h3-8,19H,2,9,17H2,1H3,(H,18,20). The zero-order valence-electron chi connectivity index (χ0n) is 11.4. The van der Waals surface area contributed by atoms with Crippen molar-refractivity contribution in [2.75, 3.05) is 11.9 Å². The zero-order chi connectivity index (χ0) is 14.1. The first-order valence-corrected chi connectivity index (χ1v) is 6.76. The molecule has 1 heterocycles. The number of hydrogen-bond donors (Lipinski definition) is 3. The SMILES string of the molecule is CCc1cccc2c1[nH]c1cc(NC(=O)CN)ccc12. The van der Waals surface area contributed by atoms with Crippen LogP contribution in [0.2, 0.25) is 0 Å². The second-order valence-electron chi connectivity index (χ2n) is 4.83. The molecule has 0 saturated heterocycles. The Morgan fingerprint density at radius 1 is 1.25 bits per heavy atom. The summed E-state index contributed by atoms with van der Waals surface area (Å²) in [5, 5.41) is 5.16. The summed E-state index contributed by atoms with van der Waals surface area (Å²) >= 11 is 0. The third-order valence-corrected chi connectivity index (χ3v) is 3.57. The number of anilines is 1. The average Bonchev–Trinajstić information content (AvgIpc) is 2.84. The van der Waals surface area contributed by atoms with Gasteiger partial charge in [0.2, 0.25) is 5.91 Å². The Bertz CT molecular complexity index is 789. The van der Waals surface area contributed by atoms with E-state index in [1.165, 1.54) is 21.9 Å². The predicted molar refractivity (Wildman–Crippen MR) is 82.9 cm³/mol. The summed E-state index contributed by atoms with van der Waals surface area (Å²) in [7, 11) is 0. The molecule has 1 aromatic heterocycles. The van der Waals surface area contributed by atoms with E-state index in [4.69, 9.17) is 5.73 Å². The van der Waals surface area contributed by atoms with E-state index in [-0.39, 0.29) is 12.5 Å². The van der Waals surface area contributed by atoms with Crippen LogP contribution in [0.1, 0.15) is 12.5 Å². The van der Waals surface area contributed by atoms with Gasteiger partial charge < -0.3 is 16.0 Å². The molecule has 3 rings (SSSR count). The fourth-order valence-corrected chi connectivity index (χ4v) is 2.57. The van der Waals surface area contributed by atoms with Gasteiger partial charge in [-0.25, -0.2) is 0 Å². The van der Waals surface area contributed by atoms with Gasteiger partial charge in [-0.15, -0.1) is 0 Å². The van der Waals surface area contributed by atoms with Gasteiger partial charge in [-0.05, 0) is 24.1 Å². The Kier molecular flexibility index (Phi) is 3.16. The molecule has 0 atom stereocenters. The number of carbonyl (C=O) groups is 1. The monoisotopic (exact) mass is 267 g/mol. The van der Waals surface area contributed by atoms with Gasteiger partial charge in [0.25, 0.3) is 0 Å². The number of benzene rings is 2. The molecule has 0 unspecified atom stereocenters. The second kappa shape index (κ2) is 4.98. The van der Waals surface area contributed by atoms with Crippen LogP contribution in [0.3, 0.4) is 0 Å². The molecular formula is C16H17N3O. The van der Waals surface area contributed by atoms with Gasteiger partial charge >= 0.3 is 0 Å². The summed E-state index contributed by atoms with van der Waals surface area (Å²) in [5.41, 5.74) is 9.57. The van der Waals surface area contributed by atoms with Crippen molar-refractivity contribution in [3.63, 3.8) is 0 Å². The van der Waals surface area contributed by atoms with Crippen molar-refractivity contribution in [3.8, 4) is 0 Å². The van der Waals surface area contributed by atoms with Crippen LogP contribution in [-0.4, -0.2) is 17.4 Å². The molecule has 4 nitrogen and oxygen atoms in total. The number of hydrogen-bond acceptors (Lipinski definition) is 2. The summed E-state index contributed by atoms with van der Waals surface area (Å²) < 4.78 is 0. The van der Waals surface area contributed by atoms with Crippen molar-refractivity contribution < 1.29 is 4.79 Å². The lowest BCUT2D eigenvalue weighted by atomic mass is 10.1. The van der Waals surface area contributed by atoms with E-state index in [0.717, 1.165) is 17.6 Å². The number of H-pyrrole nitrogens is 1. The van der Waals surface area contributed by atoms with E-state index < -0.39 is 0 Å². The largest absolute Gasteiger partial charge is 0.354 e. The molecule has 0 saturated carbocycles. The molecule has 0 bridgehead atoms. The summed E-state index contributed by atoms with van der Waals surface area (Å²) in [6.45, 7) is 2.14. The molecule has 3 aromatic rings. The summed E-state index contributed by atoms with van der Waals surface area (Å²) in [6, 6.07) is 12.2. The topological polar surface area (TPSA) is 70.9 Å². The molecule has 102 valence electrons. The van der Waals surface area contributed by atoms with Crippen molar-refractivity contribution in [2.24, 2.45) is 5.73 Å². The second-order valence-corrected chi connectivity index (χ2v) is 4.83. The molecule has 0 spiro atoms. The Morgan fingerprint density at radius 3 is 2.85 bits per heavy atom. The average molecular weight is 267 g/mol. The highest BCUT2D eigenvalue weighted by Gasteiger charge is 2.08. The summed E-state index contributed by atoms with van der Waals surface area (Å²) in [6.07, 6.45) is 0.987. The van der Waals surface area contributed by atoms with Crippen molar-refractivity contribution in [3.05, 3.63) is 42.0 Å². The molecule has 4 N–H and O–H groups in total. The van der Waals surface area contributed by atoms with Crippen LogP contribution in [0, 0.1) is 0 Å². The molecule has 0 fully saturated rings. The predicted octanol–water partition coefficient (Wildman–Crippen LogP) is 2.78. The van der Waals surface area contributed by atoms with Crippen LogP contribution >= 0.6 is 0 Å². The zero-order valence-corrected chi connectivity index (χ0v) is 11.4. The van der Waals surface area contributed by atoms with E-state index in [2.05, 4.69) is 35.4 Å². The number of para-hydroxylation sites is 1. The van der Waals surface area contributed by atoms with Crippen LogP contribution < -0.4 is 11.1 Å². The van der Waals surface area contributed by atoms with Gasteiger partial charge in [-0.3, -0.25) is 4.79 Å². The number of amides is 1. The number of fused-ring (bicyclic) bond motifs is 3. The molecule has 2 aromatic carbocycles. The van der Waals surface area contributed by atoms with Crippen LogP contribution in [0.25, 0.3) is 21.8 Å². The van der Waals surface area contributed by atoms with E-state index in [1.54, 1.807) is 0 Å². The van der Waals surface area contributed by atoms with Gasteiger partial charge in [-0.1, -0.05) is 31.2 Å². The van der Waals surface area contributed by atoms with Crippen LogP contribution in [-0.2, 0) is 11.2 Å². The lowest BCUT2D eigenvalue weighted by Crippen LogP contribution is -2.21. The molecule has 1 amide bonds. The Hall–Kier alpha value is -2.33. The lowest BCUT2D eigenvalue weighted by molar-refractivity contribution is -0.114. The minimum atomic E-state index is -0.185. The summed E-state index contributed by atoms with van der Waals surface area (Å²) in [5.74, 6) is -0.185. The molecular weight excluding hydrogens is 250 g/mol. The minimum absolute atomic E-state index is 0.00920. The fraction of sp³-hybridized carbons (Fsp3) is 0.188. The van der Waals surface area contributed by atoms with E-state index in [1.807, 2.05) is 18.2 Å². The highest BCUT2D eigenvalue weighted by molar-refractivity contribution is 6.09. The number of aromatic nitrogens is 1. The van der Waals surface area contributed by atoms with E-state index in [9.17, 15) is 4.79 Å². The van der Waals surface area contributed by atoms with Gasteiger partial charge in [-0.2, -0.15) is 0 Å². The van der Waals surface area contributed by atoms with Gasteiger partial charge in [0.15, 0.2) is 0 Å². The number of aryl methyl sites for hydroxylation is 1. The lowest BCUT2D eigenvalue weighted by Gasteiger charge is -2.02. The number of nitrogens with one attached hydrogen (secondary N) is 2. The van der Waals surface area contributed by atoms with Crippen molar-refractivity contribution in [2.45, 2.75) is 13.3 Å². The van der Waals surface area contributed by atoms with Crippen LogP contribution in [0.4, 0.5) is 5.69 Å². The summed E-state index contributed by atoms with van der Waals surface area (Å²) in [4.78, 5) is 14.8. The first-order valence-electron chi connectivity index (χ1n) is 6.76. The molecule has 0 aliphatic heterocycles. The Balaban J connectivity index is 2.15. The normalized spacial score (nSPS) is 11.1. The third kappa shape index (κ3) is 2.04. The van der Waals surface area contributed by atoms with Crippen molar-refractivity contribution in [1.82, 2.24) is 4.98 Å². The van der Waals surface area contributed by atoms with Gasteiger partial charge in [0.1, 0.15) is 0 Å². The van der Waals surface area contributed by atoms with Crippen molar-refractivity contribution in [1.29, 1.82) is 0 Å². The molecule has 4 heteroatoms. The van der Waals surface area contributed by atoms with Gasteiger partial charge in [0, 0.05) is 27.5 Å².